The van der Waals surface area contributed by atoms with Crippen LogP contribution >= 0.6 is 0 Å². The Labute approximate surface area is 147 Å². The molecular formula is C21H33NO2. The predicted octanol–water partition coefficient (Wildman–Crippen LogP) is 5.03. The van der Waals surface area contributed by atoms with Crippen LogP contribution in [0.2, 0.25) is 0 Å². The van der Waals surface area contributed by atoms with Gasteiger partial charge in [-0.05, 0) is 32.3 Å². The van der Waals surface area contributed by atoms with Gasteiger partial charge in [0, 0.05) is 12.6 Å². The monoisotopic (exact) mass is 331 g/mol. The Morgan fingerprint density at radius 3 is 2.46 bits per heavy atom. The number of hydrogen-bond donors (Lipinski definition) is 0. The minimum atomic E-state index is -0.0543. The quantitative estimate of drug-likeness (QED) is 0.444. The maximum absolute atomic E-state index is 12.3. The van der Waals surface area contributed by atoms with Gasteiger partial charge >= 0.3 is 5.97 Å². The van der Waals surface area contributed by atoms with Crippen LogP contribution in [0.25, 0.3) is 0 Å². The molecule has 134 valence electrons. The second-order valence-electron chi connectivity index (χ2n) is 7.06. The van der Waals surface area contributed by atoms with Crippen LogP contribution < -0.4 is 0 Å². The summed E-state index contributed by atoms with van der Waals surface area (Å²) in [6.45, 7) is 8.06. The number of carbonyl (C=O) groups is 1. The van der Waals surface area contributed by atoms with Crippen molar-refractivity contribution in [2.24, 2.45) is 0 Å². The van der Waals surface area contributed by atoms with E-state index in [1.807, 2.05) is 0 Å². The fourth-order valence-corrected chi connectivity index (χ4v) is 3.31. The highest BCUT2D eigenvalue weighted by molar-refractivity contribution is 5.77. The van der Waals surface area contributed by atoms with Crippen LogP contribution in [-0.2, 0) is 9.53 Å². The molecule has 1 aliphatic heterocycles. The van der Waals surface area contributed by atoms with Gasteiger partial charge in [-0.3, -0.25) is 9.69 Å². The highest BCUT2D eigenvalue weighted by atomic mass is 16.5. The average molecular weight is 332 g/mol. The van der Waals surface area contributed by atoms with Crippen LogP contribution in [-0.4, -0.2) is 30.1 Å². The topological polar surface area (TPSA) is 29.5 Å². The van der Waals surface area contributed by atoms with E-state index in [0.29, 0.717) is 6.61 Å². The lowest BCUT2D eigenvalue weighted by Crippen LogP contribution is -2.53. The Morgan fingerprint density at radius 2 is 1.83 bits per heavy atom. The molecule has 1 saturated heterocycles. The van der Waals surface area contributed by atoms with Crippen molar-refractivity contribution < 1.29 is 9.53 Å². The number of unbranched alkanes of at least 4 members (excludes halogenated alkanes) is 5. The molecule has 3 heteroatoms. The molecule has 2 unspecified atom stereocenters. The first-order valence-electron chi connectivity index (χ1n) is 9.62. The highest BCUT2D eigenvalue weighted by Gasteiger charge is 2.38. The smallest absolute Gasteiger partial charge is 0.323 e. The number of ether oxygens (including phenoxy) is 1. The maximum atomic E-state index is 12.3. The molecule has 2 rings (SSSR count). The fourth-order valence-electron chi connectivity index (χ4n) is 3.31. The number of carbonyl (C=O) groups excluding carboxylic acids is 1. The van der Waals surface area contributed by atoms with Gasteiger partial charge in [0.2, 0.25) is 0 Å². The number of rotatable bonds is 10. The van der Waals surface area contributed by atoms with Crippen molar-refractivity contribution in [2.45, 2.75) is 77.8 Å². The molecule has 0 saturated carbocycles. The summed E-state index contributed by atoms with van der Waals surface area (Å²) in [6.07, 6.45) is 8.22. The molecule has 1 heterocycles. The van der Waals surface area contributed by atoms with E-state index in [0.717, 1.165) is 19.4 Å². The first-order chi connectivity index (χ1) is 11.6. The summed E-state index contributed by atoms with van der Waals surface area (Å²) in [7, 11) is 0. The molecular weight excluding hydrogens is 298 g/mol. The Morgan fingerprint density at radius 1 is 1.17 bits per heavy atom. The van der Waals surface area contributed by atoms with Crippen molar-refractivity contribution in [1.82, 2.24) is 4.90 Å². The van der Waals surface area contributed by atoms with Gasteiger partial charge in [-0.15, -0.1) is 0 Å². The third-order valence-corrected chi connectivity index (χ3v) is 5.13. The maximum Gasteiger partial charge on any atom is 0.323 e. The zero-order chi connectivity index (χ0) is 17.4. The molecule has 1 aliphatic rings. The van der Waals surface area contributed by atoms with E-state index >= 15 is 0 Å². The van der Waals surface area contributed by atoms with Gasteiger partial charge in [0.1, 0.15) is 6.04 Å². The largest absolute Gasteiger partial charge is 0.465 e. The van der Waals surface area contributed by atoms with Crippen LogP contribution in [0.5, 0.6) is 0 Å². The third kappa shape index (κ3) is 5.34. The molecule has 0 spiro atoms. The lowest BCUT2D eigenvalue weighted by molar-refractivity contribution is -0.157. The van der Waals surface area contributed by atoms with Crippen molar-refractivity contribution in [3.63, 3.8) is 0 Å². The summed E-state index contributed by atoms with van der Waals surface area (Å²) >= 11 is 0. The van der Waals surface area contributed by atoms with E-state index in [9.17, 15) is 4.79 Å². The van der Waals surface area contributed by atoms with Gasteiger partial charge in [0.15, 0.2) is 0 Å². The van der Waals surface area contributed by atoms with E-state index in [1.165, 1.54) is 43.2 Å². The first kappa shape index (κ1) is 19.0. The van der Waals surface area contributed by atoms with Crippen LogP contribution in [0.15, 0.2) is 24.3 Å². The van der Waals surface area contributed by atoms with Crippen molar-refractivity contribution in [2.75, 3.05) is 13.2 Å². The molecule has 2 atom stereocenters. The van der Waals surface area contributed by atoms with Gasteiger partial charge in [-0.25, -0.2) is 0 Å². The van der Waals surface area contributed by atoms with Gasteiger partial charge in [-0.2, -0.15) is 0 Å². The normalized spacial score (nSPS) is 18.9. The summed E-state index contributed by atoms with van der Waals surface area (Å²) in [6, 6.07) is 8.82. The number of hydrogen-bond acceptors (Lipinski definition) is 3. The molecule has 0 bridgehead atoms. The van der Waals surface area contributed by atoms with Crippen LogP contribution in [0, 0.1) is 6.92 Å². The summed E-state index contributed by atoms with van der Waals surface area (Å²) in [4.78, 5) is 14.6. The van der Waals surface area contributed by atoms with Crippen LogP contribution in [0.3, 0.4) is 0 Å². The Kier molecular flexibility index (Phi) is 7.77. The number of likely N-dealkylation sites (tertiary alicyclic amines) is 1. The minimum Gasteiger partial charge on any atom is -0.465 e. The summed E-state index contributed by atoms with van der Waals surface area (Å²) in [5.41, 5.74) is 2.54. The van der Waals surface area contributed by atoms with Crippen LogP contribution in [0.4, 0.5) is 0 Å². The van der Waals surface area contributed by atoms with E-state index in [-0.39, 0.29) is 18.1 Å². The summed E-state index contributed by atoms with van der Waals surface area (Å²) in [5, 5.41) is 0. The average Bonchev–Trinajstić information content (AvgIpc) is 2.53. The molecule has 0 aromatic heterocycles. The number of benzene rings is 1. The minimum absolute atomic E-state index is 0.0335. The zero-order valence-corrected chi connectivity index (χ0v) is 15.6. The Hall–Kier alpha value is -1.35. The standard InChI is InChI=1S/C21H33NO2/c1-4-5-6-7-8-9-16-24-21(23)20-14-15-22(20)18(3)19-12-10-17(2)11-13-19/h10-13,18,20H,4-9,14-16H2,1-3H3. The molecule has 1 aromatic rings. The van der Waals surface area contributed by atoms with Gasteiger partial charge < -0.3 is 4.74 Å². The first-order valence-corrected chi connectivity index (χ1v) is 9.62. The summed E-state index contributed by atoms with van der Waals surface area (Å²) < 4.78 is 5.51. The van der Waals surface area contributed by atoms with Gasteiger partial charge in [-0.1, -0.05) is 68.9 Å². The van der Waals surface area contributed by atoms with Gasteiger partial charge in [0.05, 0.1) is 6.61 Å². The fraction of sp³-hybridized carbons (Fsp3) is 0.667. The van der Waals surface area contributed by atoms with E-state index < -0.39 is 0 Å². The van der Waals surface area contributed by atoms with E-state index in [2.05, 4.69) is 49.9 Å². The third-order valence-electron chi connectivity index (χ3n) is 5.13. The van der Waals surface area contributed by atoms with Crippen molar-refractivity contribution in [3.8, 4) is 0 Å². The predicted molar refractivity (Wildman–Crippen MR) is 99.0 cm³/mol. The van der Waals surface area contributed by atoms with Crippen molar-refractivity contribution in [3.05, 3.63) is 35.4 Å². The lowest BCUT2D eigenvalue weighted by atomic mass is 9.96. The molecule has 0 N–H and O–H groups in total. The van der Waals surface area contributed by atoms with Crippen molar-refractivity contribution >= 4 is 5.97 Å². The van der Waals surface area contributed by atoms with Crippen molar-refractivity contribution in [1.29, 1.82) is 0 Å². The highest BCUT2D eigenvalue weighted by Crippen LogP contribution is 2.31. The second-order valence-corrected chi connectivity index (χ2v) is 7.06. The summed E-state index contributed by atoms with van der Waals surface area (Å²) in [5.74, 6) is -0.0335. The second kappa shape index (κ2) is 9.83. The van der Waals surface area contributed by atoms with Gasteiger partial charge in [0.25, 0.3) is 0 Å². The molecule has 3 nitrogen and oxygen atoms in total. The lowest BCUT2D eigenvalue weighted by Gasteiger charge is -2.43. The molecule has 0 amide bonds. The number of nitrogens with zero attached hydrogens (tertiary/aromatic N) is 1. The zero-order valence-electron chi connectivity index (χ0n) is 15.6. The van der Waals surface area contributed by atoms with Crippen LogP contribution in [0.1, 0.15) is 76.0 Å². The molecule has 1 aromatic carbocycles. The molecule has 1 fully saturated rings. The van der Waals surface area contributed by atoms with E-state index in [4.69, 9.17) is 4.74 Å². The Balaban J connectivity index is 1.70. The molecule has 24 heavy (non-hydrogen) atoms. The molecule has 0 aliphatic carbocycles. The number of esters is 1. The Bertz CT molecular complexity index is 497. The van der Waals surface area contributed by atoms with E-state index in [1.54, 1.807) is 0 Å². The molecule has 0 radical (unpaired) electrons. The number of aryl methyl sites for hydroxylation is 1. The SMILES string of the molecule is CCCCCCCCOC(=O)C1CCN1C(C)c1ccc(C)cc1.